The van der Waals surface area contributed by atoms with Crippen LogP contribution >= 0.6 is 11.3 Å². The summed E-state index contributed by atoms with van der Waals surface area (Å²) < 4.78 is 0. The van der Waals surface area contributed by atoms with Gasteiger partial charge in [0, 0.05) is 23.9 Å². The van der Waals surface area contributed by atoms with Crippen molar-refractivity contribution < 1.29 is 9.90 Å². The summed E-state index contributed by atoms with van der Waals surface area (Å²) in [7, 11) is 0. The lowest BCUT2D eigenvalue weighted by molar-refractivity contribution is -0.139. The molecular formula is C24H26N2O2S. The Kier molecular flexibility index (Phi) is 6.60. The number of nitrogens with one attached hydrogen (secondary N) is 1. The van der Waals surface area contributed by atoms with E-state index in [1.165, 1.54) is 11.1 Å². The van der Waals surface area contributed by atoms with Crippen LogP contribution in [0.5, 0.6) is 0 Å². The zero-order valence-corrected chi connectivity index (χ0v) is 17.8. The Morgan fingerprint density at radius 3 is 2.24 bits per heavy atom. The van der Waals surface area contributed by atoms with Crippen LogP contribution in [0.25, 0.3) is 21.0 Å². The van der Waals surface area contributed by atoms with Gasteiger partial charge in [0.15, 0.2) is 0 Å². The molecule has 0 saturated carbocycles. The smallest absolute Gasteiger partial charge is 0.312 e. The summed E-state index contributed by atoms with van der Waals surface area (Å²) >= 11 is 1.65. The molecule has 0 spiro atoms. The van der Waals surface area contributed by atoms with Crippen LogP contribution in [-0.4, -0.2) is 21.8 Å². The first kappa shape index (κ1) is 20.9. The molecule has 150 valence electrons. The average molecular weight is 407 g/mol. The van der Waals surface area contributed by atoms with E-state index in [-0.39, 0.29) is 5.71 Å². The third-order valence-electron chi connectivity index (χ3n) is 5.09. The van der Waals surface area contributed by atoms with Crippen molar-refractivity contribution in [3.8, 4) is 21.0 Å². The number of aromatic nitrogens is 1. The molecule has 1 aromatic heterocycles. The van der Waals surface area contributed by atoms with Gasteiger partial charge in [-0.25, -0.2) is 4.98 Å². The number of carbonyl (C=O) groups is 1. The molecule has 0 aliphatic rings. The van der Waals surface area contributed by atoms with Gasteiger partial charge in [-0.2, -0.15) is 0 Å². The van der Waals surface area contributed by atoms with Gasteiger partial charge in [-0.3, -0.25) is 4.79 Å². The molecule has 0 bridgehead atoms. The molecule has 0 amide bonds. The monoisotopic (exact) mass is 406 g/mol. The third kappa shape index (κ3) is 4.98. The minimum atomic E-state index is -0.925. The third-order valence-corrected chi connectivity index (χ3v) is 6.19. The van der Waals surface area contributed by atoms with Gasteiger partial charge in [0.2, 0.25) is 0 Å². The minimum Gasteiger partial charge on any atom is -0.481 e. The maximum absolute atomic E-state index is 11.2. The molecule has 0 unspecified atom stereocenters. The van der Waals surface area contributed by atoms with Gasteiger partial charge < -0.3 is 10.5 Å². The van der Waals surface area contributed by atoms with Gasteiger partial charge >= 0.3 is 5.97 Å². The summed E-state index contributed by atoms with van der Waals surface area (Å²) in [6, 6.07) is 16.5. The van der Waals surface area contributed by atoms with E-state index in [4.69, 9.17) is 5.41 Å². The predicted octanol–water partition coefficient (Wildman–Crippen LogP) is 6.27. The standard InChI is InChI=1S/C24H26N2O2S/c1-4-20(24(27)28)21(25)13-16-5-7-19(8-6-16)23-26-14-22(29-23)18-11-9-17(10-12-18)15(2)3/h5-12,14-15,20,25H,4,13H2,1-3H3,(H,27,28)/t20-/m0/s1. The topological polar surface area (TPSA) is 74.0 Å². The molecule has 3 aromatic rings. The second-order valence-electron chi connectivity index (χ2n) is 7.50. The average Bonchev–Trinajstić information content (AvgIpc) is 3.19. The first-order chi connectivity index (χ1) is 13.9. The molecule has 0 radical (unpaired) electrons. The van der Waals surface area contributed by atoms with E-state index in [2.05, 4.69) is 43.1 Å². The van der Waals surface area contributed by atoms with Gasteiger partial charge in [-0.05, 0) is 29.0 Å². The van der Waals surface area contributed by atoms with Crippen LogP contribution in [0.3, 0.4) is 0 Å². The largest absolute Gasteiger partial charge is 0.481 e. The summed E-state index contributed by atoms with van der Waals surface area (Å²) in [6.45, 7) is 6.18. The predicted molar refractivity (Wildman–Crippen MR) is 120 cm³/mol. The molecule has 4 nitrogen and oxygen atoms in total. The Morgan fingerprint density at radius 1 is 1.07 bits per heavy atom. The zero-order chi connectivity index (χ0) is 21.0. The number of benzene rings is 2. The maximum atomic E-state index is 11.2. The zero-order valence-electron chi connectivity index (χ0n) is 17.0. The fraction of sp³-hybridized carbons (Fsp3) is 0.292. The van der Waals surface area contributed by atoms with Crippen molar-refractivity contribution in [1.82, 2.24) is 4.98 Å². The quantitative estimate of drug-likeness (QED) is 0.433. The number of aliphatic carboxylic acids is 1. The first-order valence-corrected chi connectivity index (χ1v) is 10.7. The lowest BCUT2D eigenvalue weighted by Gasteiger charge is -2.11. The van der Waals surface area contributed by atoms with Gasteiger partial charge in [-0.15, -0.1) is 11.3 Å². The fourth-order valence-electron chi connectivity index (χ4n) is 3.25. The second-order valence-corrected chi connectivity index (χ2v) is 8.54. The molecular weight excluding hydrogens is 380 g/mol. The normalized spacial score (nSPS) is 12.1. The van der Waals surface area contributed by atoms with Crippen LogP contribution in [0.1, 0.15) is 44.2 Å². The number of carboxylic acids is 1. The molecule has 1 atom stereocenters. The van der Waals surface area contributed by atoms with E-state index in [9.17, 15) is 9.90 Å². The lowest BCUT2D eigenvalue weighted by Crippen LogP contribution is -2.23. The summed E-state index contributed by atoms with van der Waals surface area (Å²) in [5.74, 6) is -1.12. The molecule has 2 aromatic carbocycles. The Balaban J connectivity index is 1.72. The molecule has 3 rings (SSSR count). The van der Waals surface area contributed by atoms with Gasteiger partial charge in [0.1, 0.15) is 5.01 Å². The van der Waals surface area contributed by atoms with Crippen molar-refractivity contribution >= 4 is 23.0 Å². The Labute approximate surface area is 175 Å². The Hall–Kier alpha value is -2.79. The van der Waals surface area contributed by atoms with Crippen molar-refractivity contribution in [2.75, 3.05) is 0 Å². The van der Waals surface area contributed by atoms with E-state index >= 15 is 0 Å². The Morgan fingerprint density at radius 2 is 1.69 bits per heavy atom. The molecule has 5 heteroatoms. The van der Waals surface area contributed by atoms with Crippen LogP contribution in [-0.2, 0) is 11.2 Å². The highest BCUT2D eigenvalue weighted by Gasteiger charge is 2.20. The van der Waals surface area contributed by atoms with Gasteiger partial charge in [0.05, 0.1) is 10.8 Å². The van der Waals surface area contributed by atoms with Crippen LogP contribution in [0.2, 0.25) is 0 Å². The molecule has 0 aliphatic heterocycles. The highest BCUT2D eigenvalue weighted by molar-refractivity contribution is 7.18. The van der Waals surface area contributed by atoms with Crippen molar-refractivity contribution in [3.05, 3.63) is 65.9 Å². The van der Waals surface area contributed by atoms with Crippen LogP contribution in [0, 0.1) is 11.3 Å². The summed E-state index contributed by atoms with van der Waals surface area (Å²) in [5, 5.41) is 18.2. The highest BCUT2D eigenvalue weighted by atomic mass is 32.1. The van der Waals surface area contributed by atoms with Gasteiger partial charge in [-0.1, -0.05) is 69.3 Å². The van der Waals surface area contributed by atoms with Gasteiger partial charge in [0.25, 0.3) is 0 Å². The van der Waals surface area contributed by atoms with E-state index in [1.54, 1.807) is 18.3 Å². The van der Waals surface area contributed by atoms with E-state index in [1.807, 2.05) is 30.5 Å². The molecule has 29 heavy (non-hydrogen) atoms. The number of thiazole rings is 1. The summed E-state index contributed by atoms with van der Waals surface area (Å²) in [6.07, 6.45) is 2.70. The maximum Gasteiger partial charge on any atom is 0.312 e. The van der Waals surface area contributed by atoms with Crippen LogP contribution in [0.4, 0.5) is 0 Å². The van der Waals surface area contributed by atoms with E-state index in [0.29, 0.717) is 18.8 Å². The lowest BCUT2D eigenvalue weighted by atomic mass is 9.94. The van der Waals surface area contributed by atoms with Crippen LogP contribution < -0.4 is 0 Å². The van der Waals surface area contributed by atoms with Crippen molar-refractivity contribution in [2.45, 2.75) is 39.5 Å². The number of hydrogen-bond donors (Lipinski definition) is 2. The highest BCUT2D eigenvalue weighted by Crippen LogP contribution is 2.33. The molecule has 0 saturated heterocycles. The van der Waals surface area contributed by atoms with Crippen molar-refractivity contribution in [3.63, 3.8) is 0 Å². The van der Waals surface area contributed by atoms with Crippen molar-refractivity contribution in [2.24, 2.45) is 5.92 Å². The fourth-order valence-corrected chi connectivity index (χ4v) is 4.18. The number of carboxylic acid groups (broad SMARTS) is 1. The molecule has 0 fully saturated rings. The summed E-state index contributed by atoms with van der Waals surface area (Å²) in [5.41, 5.74) is 4.71. The number of nitrogens with zero attached hydrogens (tertiary/aromatic N) is 1. The van der Waals surface area contributed by atoms with E-state index < -0.39 is 11.9 Å². The molecule has 2 N–H and O–H groups in total. The molecule has 1 heterocycles. The first-order valence-electron chi connectivity index (χ1n) is 9.84. The van der Waals surface area contributed by atoms with E-state index in [0.717, 1.165) is 21.0 Å². The Bertz CT molecular complexity index is 988. The number of hydrogen-bond acceptors (Lipinski definition) is 4. The minimum absolute atomic E-state index is 0.245. The second kappa shape index (κ2) is 9.14. The molecule has 0 aliphatic carbocycles. The van der Waals surface area contributed by atoms with Crippen LogP contribution in [0.15, 0.2) is 54.7 Å². The number of rotatable bonds is 8. The SMILES string of the molecule is CC[C@@H](C(=N)Cc1ccc(-c2ncc(-c3ccc(C(C)C)cc3)s2)cc1)C(=O)O. The summed E-state index contributed by atoms with van der Waals surface area (Å²) in [4.78, 5) is 16.9. The van der Waals surface area contributed by atoms with Crippen molar-refractivity contribution in [1.29, 1.82) is 5.41 Å².